The molecule has 2 bridgehead atoms. The summed E-state index contributed by atoms with van der Waals surface area (Å²) in [5.41, 5.74) is 0.459. The summed E-state index contributed by atoms with van der Waals surface area (Å²) in [6.07, 6.45) is 7.44. The van der Waals surface area contributed by atoms with E-state index in [2.05, 4.69) is 13.8 Å². The van der Waals surface area contributed by atoms with Crippen LogP contribution in [0.3, 0.4) is 0 Å². The van der Waals surface area contributed by atoms with Gasteiger partial charge < -0.3 is 9.84 Å². The number of hydrogen-bond donors (Lipinski definition) is 1. The Morgan fingerprint density at radius 3 is 2.67 bits per heavy atom. The number of benzene rings is 1. The number of carbonyl (C=O) groups excluding carboxylic acids is 2. The summed E-state index contributed by atoms with van der Waals surface area (Å²) in [5.74, 6) is 0.781. The molecule has 4 fully saturated rings. The number of aliphatic hydroxyl groups is 1. The second-order valence-electron chi connectivity index (χ2n) is 11.1. The molecule has 162 valence electrons. The van der Waals surface area contributed by atoms with E-state index >= 15 is 0 Å². The Bertz CT molecular complexity index is 850. The fraction of sp³-hybridized carbons (Fsp3) is 0.692. The second kappa shape index (κ2) is 6.91. The zero-order valence-electron chi connectivity index (χ0n) is 18.2. The van der Waals surface area contributed by atoms with Crippen LogP contribution in [-0.2, 0) is 9.53 Å². The number of rotatable bonds is 3. The molecule has 0 saturated heterocycles. The van der Waals surface area contributed by atoms with Crippen LogP contribution in [0.1, 0.15) is 75.6 Å². The summed E-state index contributed by atoms with van der Waals surface area (Å²) in [6.45, 7) is 4.71. The SMILES string of the molecule is C[C@]1(CO)CCC[C@@]2(C)[C@H]1[C@@H](OC(=O)c1ccccc1)C[C@H]1CC(=O)[C@@H]3CC[C@@]12C3. The molecule has 0 aliphatic heterocycles. The van der Waals surface area contributed by atoms with Crippen molar-refractivity contribution in [2.45, 2.75) is 71.3 Å². The quantitative estimate of drug-likeness (QED) is 0.727. The summed E-state index contributed by atoms with van der Waals surface area (Å²) in [5, 5.41) is 10.5. The maximum Gasteiger partial charge on any atom is 0.338 e. The normalized spacial score (nSPS) is 44.8. The fourth-order valence-corrected chi connectivity index (χ4v) is 8.47. The molecule has 0 radical (unpaired) electrons. The highest BCUT2D eigenvalue weighted by Gasteiger charge is 2.70. The molecule has 7 atom stereocenters. The number of aliphatic hydroxyl groups excluding tert-OH is 1. The van der Waals surface area contributed by atoms with Gasteiger partial charge in [-0.25, -0.2) is 4.79 Å². The van der Waals surface area contributed by atoms with E-state index in [0.29, 0.717) is 23.7 Å². The first-order valence-corrected chi connectivity index (χ1v) is 11.7. The average molecular weight is 411 g/mol. The molecule has 4 aliphatic carbocycles. The maximum atomic E-state index is 13.0. The van der Waals surface area contributed by atoms with Crippen LogP contribution in [0.4, 0.5) is 0 Å². The highest BCUT2D eigenvalue weighted by atomic mass is 16.5. The van der Waals surface area contributed by atoms with Crippen LogP contribution < -0.4 is 0 Å². The van der Waals surface area contributed by atoms with Crippen LogP contribution in [0.2, 0.25) is 0 Å². The third-order valence-electron chi connectivity index (χ3n) is 9.77. The predicted octanol–water partition coefficient (Wildman–Crippen LogP) is 4.80. The van der Waals surface area contributed by atoms with Gasteiger partial charge in [-0.1, -0.05) is 38.5 Å². The smallest absolute Gasteiger partial charge is 0.338 e. The highest BCUT2D eigenvalue weighted by Crippen LogP contribution is 2.73. The van der Waals surface area contributed by atoms with E-state index in [1.54, 1.807) is 12.1 Å². The summed E-state index contributed by atoms with van der Waals surface area (Å²) in [7, 11) is 0. The molecule has 5 rings (SSSR count). The van der Waals surface area contributed by atoms with Gasteiger partial charge >= 0.3 is 5.97 Å². The number of fused-ring (bicyclic) bond motifs is 2. The van der Waals surface area contributed by atoms with Gasteiger partial charge in [0.2, 0.25) is 0 Å². The van der Waals surface area contributed by atoms with Crippen molar-refractivity contribution in [3.8, 4) is 0 Å². The van der Waals surface area contributed by atoms with Crippen molar-refractivity contribution in [3.63, 3.8) is 0 Å². The summed E-state index contributed by atoms with van der Waals surface area (Å²) < 4.78 is 6.24. The molecule has 1 aromatic rings. The molecular formula is C26H34O4. The number of ketones is 1. The number of ether oxygens (including phenoxy) is 1. The van der Waals surface area contributed by atoms with Crippen LogP contribution in [0.5, 0.6) is 0 Å². The molecule has 0 heterocycles. The first-order valence-electron chi connectivity index (χ1n) is 11.7. The van der Waals surface area contributed by atoms with Crippen LogP contribution in [0, 0.1) is 34.0 Å². The topological polar surface area (TPSA) is 63.6 Å². The minimum Gasteiger partial charge on any atom is -0.458 e. The standard InChI is InChI=1S/C26H34O4/c1-24(16-27)10-6-11-25(2)22(24)21(30-23(29)17-7-4-3-5-8-17)14-19-13-20(28)18-9-12-26(19,25)15-18/h3-5,7-8,18-19,21-22,27H,6,9-16H2,1-2H3/t18-,19-,21+,22+,24-,25+,26-/m1/s1. The predicted molar refractivity (Wildman–Crippen MR) is 114 cm³/mol. The van der Waals surface area contributed by atoms with E-state index in [9.17, 15) is 14.7 Å². The zero-order valence-corrected chi connectivity index (χ0v) is 18.2. The van der Waals surface area contributed by atoms with E-state index in [0.717, 1.165) is 44.9 Å². The summed E-state index contributed by atoms with van der Waals surface area (Å²) in [6, 6.07) is 9.20. The van der Waals surface area contributed by atoms with Gasteiger partial charge in [0.05, 0.1) is 5.56 Å². The lowest BCUT2D eigenvalue weighted by Gasteiger charge is -2.67. The third kappa shape index (κ3) is 2.68. The lowest BCUT2D eigenvalue weighted by atomic mass is 9.38. The Labute approximate surface area is 179 Å². The largest absolute Gasteiger partial charge is 0.458 e. The molecule has 4 nitrogen and oxygen atoms in total. The van der Waals surface area contributed by atoms with Crippen LogP contribution >= 0.6 is 0 Å². The van der Waals surface area contributed by atoms with Gasteiger partial charge in [-0.3, -0.25) is 4.79 Å². The molecule has 4 heteroatoms. The second-order valence-corrected chi connectivity index (χ2v) is 11.1. The number of Topliss-reactive ketones (excluding diaryl/α,β-unsaturated/α-hetero) is 1. The van der Waals surface area contributed by atoms with Crippen LogP contribution in [0.25, 0.3) is 0 Å². The Morgan fingerprint density at radius 2 is 1.93 bits per heavy atom. The fourth-order valence-electron chi connectivity index (χ4n) is 8.47. The van der Waals surface area contributed by atoms with E-state index in [-0.39, 0.29) is 46.8 Å². The Balaban J connectivity index is 1.55. The molecule has 0 aromatic heterocycles. The first kappa shape index (κ1) is 20.2. The van der Waals surface area contributed by atoms with Crippen molar-refractivity contribution in [1.29, 1.82) is 0 Å². The molecular weight excluding hydrogens is 376 g/mol. The lowest BCUT2D eigenvalue weighted by Crippen LogP contribution is -2.65. The Morgan fingerprint density at radius 1 is 1.17 bits per heavy atom. The van der Waals surface area contributed by atoms with Crippen LogP contribution in [-0.4, -0.2) is 29.6 Å². The summed E-state index contributed by atoms with van der Waals surface area (Å²) >= 11 is 0. The highest BCUT2D eigenvalue weighted by molar-refractivity contribution is 5.89. The van der Waals surface area contributed by atoms with Crippen molar-refractivity contribution >= 4 is 11.8 Å². The number of hydrogen-bond acceptors (Lipinski definition) is 4. The van der Waals surface area contributed by atoms with Crippen molar-refractivity contribution in [3.05, 3.63) is 35.9 Å². The van der Waals surface area contributed by atoms with Gasteiger partial charge in [0.1, 0.15) is 11.9 Å². The third-order valence-corrected chi connectivity index (χ3v) is 9.77. The van der Waals surface area contributed by atoms with Gasteiger partial charge in [0.25, 0.3) is 0 Å². The zero-order chi connectivity index (χ0) is 21.1. The summed E-state index contributed by atoms with van der Waals surface area (Å²) in [4.78, 5) is 25.8. The molecule has 1 aromatic carbocycles. The molecule has 0 unspecified atom stereocenters. The van der Waals surface area contributed by atoms with Gasteiger partial charge in [0, 0.05) is 24.9 Å². The molecule has 30 heavy (non-hydrogen) atoms. The van der Waals surface area contributed by atoms with Gasteiger partial charge in [-0.05, 0) is 72.8 Å². The van der Waals surface area contributed by atoms with E-state index in [1.807, 2.05) is 18.2 Å². The van der Waals surface area contributed by atoms with Crippen molar-refractivity contribution in [2.75, 3.05) is 6.61 Å². The monoisotopic (exact) mass is 410 g/mol. The van der Waals surface area contributed by atoms with Crippen molar-refractivity contribution in [2.24, 2.45) is 34.0 Å². The number of carbonyl (C=O) groups is 2. The van der Waals surface area contributed by atoms with Gasteiger partial charge in [-0.2, -0.15) is 0 Å². The molecule has 0 amide bonds. The first-order chi connectivity index (χ1) is 14.3. The minimum atomic E-state index is -0.281. The molecule has 4 aliphatic rings. The minimum absolute atomic E-state index is 0.0112. The number of esters is 1. The van der Waals surface area contributed by atoms with Gasteiger partial charge in [-0.15, -0.1) is 0 Å². The molecule has 4 saturated carbocycles. The Hall–Kier alpha value is -1.68. The van der Waals surface area contributed by atoms with Crippen LogP contribution in [0.15, 0.2) is 30.3 Å². The lowest BCUT2D eigenvalue weighted by molar-refractivity contribution is -0.221. The van der Waals surface area contributed by atoms with Crippen molar-refractivity contribution in [1.82, 2.24) is 0 Å². The molecule has 1 spiro atoms. The maximum absolute atomic E-state index is 13.0. The van der Waals surface area contributed by atoms with Gasteiger partial charge in [0.15, 0.2) is 0 Å². The Kier molecular flexibility index (Phi) is 4.66. The average Bonchev–Trinajstić information content (AvgIpc) is 3.14. The van der Waals surface area contributed by atoms with E-state index in [1.165, 1.54) is 0 Å². The van der Waals surface area contributed by atoms with Crippen molar-refractivity contribution < 1.29 is 19.4 Å². The van der Waals surface area contributed by atoms with E-state index in [4.69, 9.17) is 4.74 Å². The molecule has 1 N–H and O–H groups in total. The van der Waals surface area contributed by atoms with E-state index < -0.39 is 0 Å².